The van der Waals surface area contributed by atoms with Gasteiger partial charge in [-0.2, -0.15) is 0 Å². The molecule has 3 heterocycles. The van der Waals surface area contributed by atoms with Crippen molar-refractivity contribution in [1.29, 1.82) is 0 Å². The molecule has 0 atom stereocenters. The van der Waals surface area contributed by atoms with Crippen molar-refractivity contribution in [3.63, 3.8) is 0 Å². The number of benzene rings is 9. The van der Waals surface area contributed by atoms with Crippen molar-refractivity contribution in [3.8, 4) is 51.2 Å². The Balaban J connectivity index is 1.07. The topological polar surface area (TPSA) is 69.6 Å². The fraction of sp³-hybridized carbons (Fsp3) is 0. The van der Waals surface area contributed by atoms with Gasteiger partial charge in [-0.25, -0.2) is 19.9 Å². The summed E-state index contributed by atoms with van der Waals surface area (Å²) >= 11 is 0. The van der Waals surface area contributed by atoms with Gasteiger partial charge in [-0.15, -0.1) is 0 Å². The van der Waals surface area contributed by atoms with E-state index in [9.17, 15) is 0 Å². The van der Waals surface area contributed by atoms with E-state index in [0.29, 0.717) is 17.5 Å². The van der Waals surface area contributed by atoms with E-state index < -0.39 is 0 Å². The minimum absolute atomic E-state index is 0.563. The second-order valence-corrected chi connectivity index (χ2v) is 14.6. The van der Waals surface area contributed by atoms with E-state index in [2.05, 4.69) is 156 Å². The van der Waals surface area contributed by atoms with Gasteiger partial charge in [0, 0.05) is 38.7 Å². The van der Waals surface area contributed by atoms with E-state index in [1.807, 2.05) is 36.4 Å². The van der Waals surface area contributed by atoms with Crippen LogP contribution in [0.5, 0.6) is 0 Å². The van der Waals surface area contributed by atoms with Crippen molar-refractivity contribution < 1.29 is 4.42 Å². The van der Waals surface area contributed by atoms with Crippen LogP contribution in [0.15, 0.2) is 192 Å². The fourth-order valence-corrected chi connectivity index (χ4v) is 8.53. The van der Waals surface area contributed by atoms with E-state index in [0.717, 1.165) is 72.1 Å². The van der Waals surface area contributed by atoms with Crippen LogP contribution < -0.4 is 0 Å². The second-order valence-electron chi connectivity index (χ2n) is 14.6. The first kappa shape index (κ1) is 32.3. The van der Waals surface area contributed by atoms with Crippen molar-refractivity contribution >= 4 is 65.3 Å². The minimum atomic E-state index is 0.563. The van der Waals surface area contributed by atoms with Crippen molar-refractivity contribution in [1.82, 2.24) is 24.5 Å². The maximum absolute atomic E-state index is 6.33. The summed E-state index contributed by atoms with van der Waals surface area (Å²) < 4.78 is 8.54. The van der Waals surface area contributed by atoms with Gasteiger partial charge in [0.25, 0.3) is 0 Å². The summed E-state index contributed by atoms with van der Waals surface area (Å²) in [6, 6.07) is 65.1. The Morgan fingerprint density at radius 2 is 0.845 bits per heavy atom. The molecule has 0 unspecified atom stereocenters. The first-order valence-electron chi connectivity index (χ1n) is 19.4. The number of nitrogens with zero attached hydrogens (tertiary/aromatic N) is 5. The Morgan fingerprint density at radius 1 is 0.328 bits per heavy atom. The summed E-state index contributed by atoms with van der Waals surface area (Å²) in [4.78, 5) is 20.7. The molecule has 9 aromatic carbocycles. The van der Waals surface area contributed by atoms with Crippen LogP contribution in [0.1, 0.15) is 0 Å². The zero-order chi connectivity index (χ0) is 38.2. The third-order valence-corrected chi connectivity index (χ3v) is 11.2. The van der Waals surface area contributed by atoms with E-state index in [1.54, 1.807) is 0 Å². The molecule has 0 aliphatic rings. The smallest absolute Gasteiger partial charge is 0.164 e. The summed E-state index contributed by atoms with van der Waals surface area (Å²) in [6.45, 7) is 0. The predicted octanol–water partition coefficient (Wildman–Crippen LogP) is 13.2. The highest BCUT2D eigenvalue weighted by molar-refractivity contribution is 6.25. The largest absolute Gasteiger partial charge is 0.456 e. The maximum atomic E-state index is 6.33. The summed E-state index contributed by atoms with van der Waals surface area (Å²) in [5.74, 6) is 2.56. The molecule has 0 aliphatic carbocycles. The summed E-state index contributed by atoms with van der Waals surface area (Å²) in [6.07, 6.45) is 0. The lowest BCUT2D eigenvalue weighted by Crippen LogP contribution is -2.01. The number of fused-ring (bicyclic) bond motifs is 10. The molecule has 12 aromatic rings. The van der Waals surface area contributed by atoms with Crippen LogP contribution in [0.2, 0.25) is 0 Å². The number of hydrogen-bond donors (Lipinski definition) is 0. The molecule has 6 heteroatoms. The quantitative estimate of drug-likeness (QED) is 0.164. The molecule has 12 rings (SSSR count). The van der Waals surface area contributed by atoms with Gasteiger partial charge in [0.15, 0.2) is 17.5 Å². The zero-order valence-corrected chi connectivity index (χ0v) is 31.0. The molecule has 0 amide bonds. The van der Waals surface area contributed by atoms with E-state index in [-0.39, 0.29) is 0 Å². The van der Waals surface area contributed by atoms with Crippen molar-refractivity contribution in [2.75, 3.05) is 0 Å². The first-order chi connectivity index (χ1) is 28.7. The molecule has 0 spiro atoms. The highest BCUT2D eigenvalue weighted by Crippen LogP contribution is 2.38. The summed E-state index contributed by atoms with van der Waals surface area (Å²) in [5, 5.41) is 9.35. The van der Waals surface area contributed by atoms with Crippen LogP contribution in [0, 0.1) is 0 Å². The minimum Gasteiger partial charge on any atom is -0.456 e. The predicted molar refractivity (Wildman–Crippen MR) is 236 cm³/mol. The molecule has 6 nitrogen and oxygen atoms in total. The van der Waals surface area contributed by atoms with Gasteiger partial charge in [0.2, 0.25) is 0 Å². The van der Waals surface area contributed by atoms with Gasteiger partial charge in [0.1, 0.15) is 17.0 Å². The van der Waals surface area contributed by atoms with Crippen LogP contribution in [-0.2, 0) is 0 Å². The normalized spacial score (nSPS) is 11.8. The summed E-state index contributed by atoms with van der Waals surface area (Å²) in [5.41, 5.74) is 8.20. The molecule has 0 saturated heterocycles. The Labute approximate surface area is 332 Å². The summed E-state index contributed by atoms with van der Waals surface area (Å²) in [7, 11) is 0. The van der Waals surface area contributed by atoms with Crippen LogP contribution in [0.25, 0.3) is 117 Å². The SMILES string of the molecule is c1ccc(-n2c(-c3cccc(-c4nc(-c5ccc6c(c5)oc5ccccc56)nc(-c5ccc6c7ccccc7c7ccccc7c6c5)n4)c3)nc3ccccc32)cc1. The lowest BCUT2D eigenvalue weighted by Gasteiger charge is -2.13. The van der Waals surface area contributed by atoms with Gasteiger partial charge in [-0.1, -0.05) is 133 Å². The molecule has 3 aromatic heterocycles. The Kier molecular flexibility index (Phi) is 7.13. The lowest BCUT2D eigenvalue weighted by atomic mass is 9.93. The second kappa shape index (κ2) is 12.8. The maximum Gasteiger partial charge on any atom is 0.164 e. The molecule has 0 bridgehead atoms. The molecule has 0 radical (unpaired) electrons. The Hall–Kier alpha value is -7.96. The molecular formula is C52H31N5O. The highest BCUT2D eigenvalue weighted by Gasteiger charge is 2.19. The molecule has 0 aliphatic heterocycles. The van der Waals surface area contributed by atoms with Crippen LogP contribution in [0.4, 0.5) is 0 Å². The van der Waals surface area contributed by atoms with E-state index >= 15 is 0 Å². The average molecular weight is 742 g/mol. The van der Waals surface area contributed by atoms with Gasteiger partial charge in [-0.3, -0.25) is 4.57 Å². The monoisotopic (exact) mass is 741 g/mol. The third-order valence-electron chi connectivity index (χ3n) is 11.2. The van der Waals surface area contributed by atoms with E-state index in [4.69, 9.17) is 24.4 Å². The Morgan fingerprint density at radius 3 is 1.57 bits per heavy atom. The van der Waals surface area contributed by atoms with Crippen molar-refractivity contribution in [3.05, 3.63) is 188 Å². The molecular weight excluding hydrogens is 711 g/mol. The average Bonchev–Trinajstić information content (AvgIpc) is 3.88. The number of para-hydroxylation sites is 4. The fourth-order valence-electron chi connectivity index (χ4n) is 8.53. The van der Waals surface area contributed by atoms with Crippen molar-refractivity contribution in [2.45, 2.75) is 0 Å². The van der Waals surface area contributed by atoms with Gasteiger partial charge >= 0.3 is 0 Å². The molecule has 270 valence electrons. The highest BCUT2D eigenvalue weighted by atomic mass is 16.3. The van der Waals surface area contributed by atoms with Crippen LogP contribution >= 0.6 is 0 Å². The lowest BCUT2D eigenvalue weighted by molar-refractivity contribution is 0.669. The van der Waals surface area contributed by atoms with E-state index in [1.165, 1.54) is 26.9 Å². The van der Waals surface area contributed by atoms with Crippen molar-refractivity contribution in [2.24, 2.45) is 0 Å². The number of imidazole rings is 1. The molecule has 0 saturated carbocycles. The number of aromatic nitrogens is 5. The Bertz CT molecular complexity index is 3550. The zero-order valence-electron chi connectivity index (χ0n) is 31.0. The van der Waals surface area contributed by atoms with Crippen LogP contribution in [0.3, 0.4) is 0 Å². The van der Waals surface area contributed by atoms with Crippen LogP contribution in [-0.4, -0.2) is 24.5 Å². The van der Waals surface area contributed by atoms with Gasteiger partial charge < -0.3 is 4.42 Å². The molecule has 0 N–H and O–H groups in total. The molecule has 0 fully saturated rings. The van der Waals surface area contributed by atoms with Gasteiger partial charge in [0.05, 0.1) is 11.0 Å². The number of hydrogen-bond acceptors (Lipinski definition) is 5. The first-order valence-corrected chi connectivity index (χ1v) is 19.4. The number of rotatable bonds is 5. The standard InChI is InChI=1S/C52H31N5O/c1-2-15-36(16-3-1)57-46-23-10-9-22-45(46)53-52(57)35-14-12-13-32(29-35)49-54-50(56-51(55-49)34-26-28-43-42-21-8-11-24-47(42)58-48(43)31-34)33-25-27-41-39-19-5-4-17-37(39)38-18-6-7-20-40(38)44(41)30-33/h1-31H. The molecule has 58 heavy (non-hydrogen) atoms. The number of furan rings is 1. The third kappa shape index (κ3) is 5.12. The van der Waals surface area contributed by atoms with Gasteiger partial charge in [-0.05, 0) is 86.9 Å².